The minimum Gasteiger partial charge on any atom is -0.359 e. The molecule has 0 saturated carbocycles. The molecule has 1 heterocycles. The van der Waals surface area contributed by atoms with Gasteiger partial charge in [-0.1, -0.05) is 57.1 Å². The Balaban J connectivity index is 1.86. The van der Waals surface area contributed by atoms with Crippen molar-refractivity contribution in [3.63, 3.8) is 0 Å². The van der Waals surface area contributed by atoms with Crippen LogP contribution in [0, 0.1) is 0 Å². The van der Waals surface area contributed by atoms with Crippen LogP contribution in [0.15, 0.2) is 34.9 Å². The molecule has 0 bridgehead atoms. The van der Waals surface area contributed by atoms with E-state index in [-0.39, 0.29) is 11.4 Å². The molecule has 1 aromatic heterocycles. The van der Waals surface area contributed by atoms with Crippen molar-refractivity contribution in [1.82, 2.24) is 10.5 Å². The van der Waals surface area contributed by atoms with Crippen molar-refractivity contribution >= 4 is 11.8 Å². The molecular weight excluding hydrogens is 278 g/mol. The van der Waals surface area contributed by atoms with Crippen LogP contribution < -0.4 is 10.6 Å². The van der Waals surface area contributed by atoms with Crippen molar-refractivity contribution < 1.29 is 9.32 Å². The number of aryl methyl sites for hydroxylation is 1. The number of anilines is 1. The fourth-order valence-electron chi connectivity index (χ4n) is 1.92. The standard InChI is InChI=1S/C17H23N3O2/c1-5-12-6-8-13(9-7-12)11-18-16(21)19-15-10-14(22-20-15)17(2,3)4/h6-10H,5,11H2,1-4H3,(H2,18,19,20,21). The third-order valence-corrected chi connectivity index (χ3v) is 3.38. The van der Waals surface area contributed by atoms with Crippen molar-refractivity contribution in [2.75, 3.05) is 5.32 Å². The van der Waals surface area contributed by atoms with Crippen molar-refractivity contribution in [2.24, 2.45) is 0 Å². The molecule has 0 spiro atoms. The summed E-state index contributed by atoms with van der Waals surface area (Å²) >= 11 is 0. The number of carbonyl (C=O) groups is 1. The number of nitrogens with zero attached hydrogens (tertiary/aromatic N) is 1. The molecule has 0 aliphatic heterocycles. The molecule has 2 amide bonds. The molecule has 0 aliphatic rings. The predicted octanol–water partition coefficient (Wildman–Crippen LogP) is 3.86. The topological polar surface area (TPSA) is 67.2 Å². The summed E-state index contributed by atoms with van der Waals surface area (Å²) in [6.45, 7) is 8.66. The van der Waals surface area contributed by atoms with Crippen LogP contribution in [-0.4, -0.2) is 11.2 Å². The van der Waals surface area contributed by atoms with Crippen LogP contribution in [0.5, 0.6) is 0 Å². The first-order valence-corrected chi connectivity index (χ1v) is 7.48. The van der Waals surface area contributed by atoms with Gasteiger partial charge in [-0.25, -0.2) is 4.79 Å². The van der Waals surface area contributed by atoms with Gasteiger partial charge in [0.15, 0.2) is 5.82 Å². The number of urea groups is 1. The van der Waals surface area contributed by atoms with Gasteiger partial charge in [0.1, 0.15) is 5.76 Å². The summed E-state index contributed by atoms with van der Waals surface area (Å²) in [7, 11) is 0. The number of benzene rings is 1. The van der Waals surface area contributed by atoms with Crippen LogP contribution in [0.25, 0.3) is 0 Å². The average molecular weight is 301 g/mol. The number of nitrogens with one attached hydrogen (secondary N) is 2. The number of amides is 2. The lowest BCUT2D eigenvalue weighted by atomic mass is 9.93. The Kier molecular flexibility index (Phi) is 4.85. The van der Waals surface area contributed by atoms with Gasteiger partial charge in [0.25, 0.3) is 0 Å². The molecule has 0 saturated heterocycles. The highest BCUT2D eigenvalue weighted by atomic mass is 16.5. The van der Waals surface area contributed by atoms with Crippen LogP contribution in [0.3, 0.4) is 0 Å². The summed E-state index contributed by atoms with van der Waals surface area (Å²) in [6, 6.07) is 9.63. The van der Waals surface area contributed by atoms with Crippen LogP contribution in [0.1, 0.15) is 44.6 Å². The molecule has 5 nitrogen and oxygen atoms in total. The molecular formula is C17H23N3O2. The summed E-state index contributed by atoms with van der Waals surface area (Å²) in [5.41, 5.74) is 2.21. The summed E-state index contributed by atoms with van der Waals surface area (Å²) in [5.74, 6) is 1.15. The van der Waals surface area contributed by atoms with Crippen LogP contribution in [0.4, 0.5) is 10.6 Å². The van der Waals surface area contributed by atoms with Gasteiger partial charge in [0, 0.05) is 18.0 Å². The SMILES string of the molecule is CCc1ccc(CNC(=O)Nc2cc(C(C)(C)C)on2)cc1. The van der Waals surface area contributed by atoms with E-state index < -0.39 is 0 Å². The van der Waals surface area contributed by atoms with Gasteiger partial charge >= 0.3 is 6.03 Å². The van der Waals surface area contributed by atoms with E-state index in [0.717, 1.165) is 17.7 Å². The Morgan fingerprint density at radius 2 is 1.82 bits per heavy atom. The molecule has 2 aromatic rings. The monoisotopic (exact) mass is 301 g/mol. The molecule has 1 aromatic carbocycles. The zero-order chi connectivity index (χ0) is 16.2. The summed E-state index contributed by atoms with van der Waals surface area (Å²) < 4.78 is 5.23. The first-order valence-electron chi connectivity index (χ1n) is 7.48. The van der Waals surface area contributed by atoms with E-state index in [0.29, 0.717) is 12.4 Å². The van der Waals surface area contributed by atoms with Crippen LogP contribution in [-0.2, 0) is 18.4 Å². The molecule has 118 valence electrons. The molecule has 0 unspecified atom stereocenters. The molecule has 0 atom stereocenters. The van der Waals surface area contributed by atoms with Crippen LogP contribution >= 0.6 is 0 Å². The smallest absolute Gasteiger partial charge is 0.320 e. The summed E-state index contributed by atoms with van der Waals surface area (Å²) in [5, 5.41) is 9.33. The maximum Gasteiger partial charge on any atom is 0.320 e. The first-order chi connectivity index (χ1) is 10.4. The van der Waals surface area contributed by atoms with E-state index in [1.807, 2.05) is 32.9 Å². The fourth-order valence-corrected chi connectivity index (χ4v) is 1.92. The second-order valence-electron chi connectivity index (χ2n) is 6.30. The molecule has 2 N–H and O–H groups in total. The van der Waals surface area contributed by atoms with Gasteiger partial charge in [0.05, 0.1) is 0 Å². The highest BCUT2D eigenvalue weighted by Crippen LogP contribution is 2.24. The van der Waals surface area contributed by atoms with Crippen LogP contribution in [0.2, 0.25) is 0 Å². The van der Waals surface area contributed by atoms with Gasteiger partial charge < -0.3 is 9.84 Å². The second-order valence-corrected chi connectivity index (χ2v) is 6.30. The predicted molar refractivity (Wildman–Crippen MR) is 86.9 cm³/mol. The number of hydrogen-bond acceptors (Lipinski definition) is 3. The molecule has 2 rings (SSSR count). The summed E-state index contributed by atoms with van der Waals surface area (Å²) in [6.07, 6.45) is 1.01. The van der Waals surface area contributed by atoms with Gasteiger partial charge in [-0.3, -0.25) is 5.32 Å². The van der Waals surface area contributed by atoms with Gasteiger partial charge in [-0.15, -0.1) is 0 Å². The third-order valence-electron chi connectivity index (χ3n) is 3.38. The minimum absolute atomic E-state index is 0.134. The molecule has 22 heavy (non-hydrogen) atoms. The maximum absolute atomic E-state index is 11.9. The lowest BCUT2D eigenvalue weighted by Crippen LogP contribution is -2.28. The Hall–Kier alpha value is -2.30. The highest BCUT2D eigenvalue weighted by Gasteiger charge is 2.20. The Morgan fingerprint density at radius 3 is 2.36 bits per heavy atom. The number of aromatic nitrogens is 1. The zero-order valence-corrected chi connectivity index (χ0v) is 13.6. The van der Waals surface area contributed by atoms with E-state index >= 15 is 0 Å². The van der Waals surface area contributed by atoms with Crippen molar-refractivity contribution in [3.05, 3.63) is 47.2 Å². The van der Waals surface area contributed by atoms with Gasteiger partial charge in [-0.05, 0) is 17.5 Å². The number of rotatable bonds is 4. The zero-order valence-electron chi connectivity index (χ0n) is 13.6. The fraction of sp³-hybridized carbons (Fsp3) is 0.412. The lowest BCUT2D eigenvalue weighted by Gasteiger charge is -2.12. The third kappa shape index (κ3) is 4.35. The number of hydrogen-bond donors (Lipinski definition) is 2. The second kappa shape index (κ2) is 6.64. The maximum atomic E-state index is 11.9. The van der Waals surface area contributed by atoms with Crippen molar-refractivity contribution in [3.8, 4) is 0 Å². The normalized spacial score (nSPS) is 11.3. The number of carbonyl (C=O) groups excluding carboxylic acids is 1. The van der Waals surface area contributed by atoms with E-state index in [2.05, 4.69) is 34.8 Å². The highest BCUT2D eigenvalue weighted by molar-refractivity contribution is 5.88. The first kappa shape index (κ1) is 16.1. The van der Waals surface area contributed by atoms with E-state index in [9.17, 15) is 4.79 Å². The van der Waals surface area contributed by atoms with E-state index in [1.165, 1.54) is 5.56 Å². The molecule has 0 fully saturated rings. The van der Waals surface area contributed by atoms with Gasteiger partial charge in [-0.2, -0.15) is 0 Å². The quantitative estimate of drug-likeness (QED) is 0.901. The Bertz CT molecular complexity index is 624. The van der Waals surface area contributed by atoms with Crippen molar-refractivity contribution in [2.45, 2.75) is 46.1 Å². The lowest BCUT2D eigenvalue weighted by molar-refractivity contribution is 0.251. The van der Waals surface area contributed by atoms with Gasteiger partial charge in [0.2, 0.25) is 0 Å². The molecule has 0 radical (unpaired) electrons. The average Bonchev–Trinajstić information content (AvgIpc) is 2.94. The van der Waals surface area contributed by atoms with Crippen molar-refractivity contribution in [1.29, 1.82) is 0 Å². The van der Waals surface area contributed by atoms with E-state index in [1.54, 1.807) is 6.07 Å². The molecule has 5 heteroatoms. The largest absolute Gasteiger partial charge is 0.359 e. The molecule has 0 aliphatic carbocycles. The Morgan fingerprint density at radius 1 is 1.18 bits per heavy atom. The van der Waals surface area contributed by atoms with E-state index in [4.69, 9.17) is 4.52 Å². The minimum atomic E-state index is -0.298. The summed E-state index contributed by atoms with van der Waals surface area (Å²) in [4.78, 5) is 11.9. The Labute approximate surface area is 131 Å².